The molecule has 1 fully saturated rings. The molecule has 1 aromatic rings. The van der Waals surface area contributed by atoms with Crippen molar-refractivity contribution in [2.24, 2.45) is 0 Å². The first-order valence-electron chi connectivity index (χ1n) is 8.35. The van der Waals surface area contributed by atoms with Gasteiger partial charge in [0.2, 0.25) is 10.0 Å². The Kier molecular flexibility index (Phi) is 6.38. The zero-order valence-corrected chi connectivity index (χ0v) is 15.9. The molecule has 2 N–H and O–H groups in total. The number of hydrogen-bond acceptors (Lipinski definition) is 6. The second-order valence-corrected chi connectivity index (χ2v) is 8.00. The molecule has 26 heavy (non-hydrogen) atoms. The fourth-order valence-electron chi connectivity index (χ4n) is 3.17. The summed E-state index contributed by atoms with van der Waals surface area (Å²) in [5, 5.41) is 8.92. The Labute approximate surface area is 153 Å². The topological polar surface area (TPSA) is 113 Å². The smallest absolute Gasteiger partial charge is 0.338 e. The number of likely N-dealkylation sites (N-methyl/N-ethyl adjacent to an activating group) is 1. The lowest BCUT2D eigenvalue weighted by Crippen LogP contribution is -2.54. The number of carboxylic acid groups (broad SMARTS) is 1. The van der Waals surface area contributed by atoms with Crippen LogP contribution in [0.15, 0.2) is 23.1 Å². The first-order chi connectivity index (χ1) is 12.2. The normalized spacial score (nSPS) is 19.8. The van der Waals surface area contributed by atoms with Crippen molar-refractivity contribution in [2.75, 3.05) is 20.2 Å². The van der Waals surface area contributed by atoms with Gasteiger partial charge in [-0.15, -0.1) is 0 Å². The van der Waals surface area contributed by atoms with Gasteiger partial charge in [-0.25, -0.2) is 17.9 Å². The summed E-state index contributed by atoms with van der Waals surface area (Å²) in [5.41, 5.74) is 0.546. The number of ether oxygens (including phenoxy) is 1. The van der Waals surface area contributed by atoms with Gasteiger partial charge in [-0.3, -0.25) is 9.69 Å². The predicted molar refractivity (Wildman–Crippen MR) is 94.5 cm³/mol. The van der Waals surface area contributed by atoms with Gasteiger partial charge < -0.3 is 9.84 Å². The van der Waals surface area contributed by atoms with Crippen molar-refractivity contribution < 1.29 is 27.9 Å². The van der Waals surface area contributed by atoms with Crippen LogP contribution in [0.3, 0.4) is 0 Å². The molecule has 0 bridgehead atoms. The van der Waals surface area contributed by atoms with Crippen LogP contribution in [0.2, 0.25) is 0 Å². The summed E-state index contributed by atoms with van der Waals surface area (Å²) < 4.78 is 32.7. The largest absolute Gasteiger partial charge is 0.480 e. The van der Waals surface area contributed by atoms with Crippen LogP contribution in [0.1, 0.15) is 35.7 Å². The first-order valence-corrected chi connectivity index (χ1v) is 9.84. The molecule has 0 heterocycles. The molecule has 0 radical (unpaired) electrons. The van der Waals surface area contributed by atoms with Gasteiger partial charge in [-0.2, -0.15) is 0 Å². The van der Waals surface area contributed by atoms with Crippen LogP contribution in [0.4, 0.5) is 0 Å². The van der Waals surface area contributed by atoms with Crippen molar-refractivity contribution in [3.8, 4) is 0 Å². The molecular weight excluding hydrogens is 360 g/mol. The SMILES string of the molecule is CCN(CC(=O)O)C1CC(NS(=O)(=O)c2cccc(C(=O)OC)c2C)C1. The molecule has 2 rings (SSSR count). The van der Waals surface area contributed by atoms with Crippen LogP contribution >= 0.6 is 0 Å². The highest BCUT2D eigenvalue weighted by Gasteiger charge is 2.36. The van der Waals surface area contributed by atoms with E-state index in [-0.39, 0.29) is 29.1 Å². The minimum absolute atomic E-state index is 0.0433. The number of carbonyl (C=O) groups is 2. The van der Waals surface area contributed by atoms with E-state index in [1.54, 1.807) is 6.92 Å². The quantitative estimate of drug-likeness (QED) is 0.643. The van der Waals surface area contributed by atoms with Gasteiger partial charge in [-0.1, -0.05) is 13.0 Å². The Morgan fingerprint density at radius 1 is 1.35 bits per heavy atom. The van der Waals surface area contributed by atoms with Crippen LogP contribution in [0, 0.1) is 6.92 Å². The first kappa shape index (κ1) is 20.3. The summed E-state index contributed by atoms with van der Waals surface area (Å²) in [6.07, 6.45) is 1.10. The van der Waals surface area contributed by atoms with E-state index in [0.29, 0.717) is 24.9 Å². The minimum Gasteiger partial charge on any atom is -0.480 e. The molecule has 8 nitrogen and oxygen atoms in total. The maximum Gasteiger partial charge on any atom is 0.338 e. The lowest BCUT2D eigenvalue weighted by molar-refractivity contribution is -0.139. The van der Waals surface area contributed by atoms with E-state index < -0.39 is 22.0 Å². The van der Waals surface area contributed by atoms with Gasteiger partial charge in [0.05, 0.1) is 24.1 Å². The van der Waals surface area contributed by atoms with Crippen molar-refractivity contribution in [1.82, 2.24) is 9.62 Å². The van der Waals surface area contributed by atoms with E-state index in [0.717, 1.165) is 0 Å². The molecule has 9 heteroatoms. The summed E-state index contributed by atoms with van der Waals surface area (Å²) in [5.74, 6) is -1.48. The second kappa shape index (κ2) is 8.15. The fourth-order valence-corrected chi connectivity index (χ4v) is 4.70. The van der Waals surface area contributed by atoms with Crippen molar-refractivity contribution in [3.05, 3.63) is 29.3 Å². The van der Waals surface area contributed by atoms with Gasteiger partial charge >= 0.3 is 11.9 Å². The van der Waals surface area contributed by atoms with Gasteiger partial charge in [-0.05, 0) is 44.0 Å². The molecule has 0 spiro atoms. The van der Waals surface area contributed by atoms with Crippen molar-refractivity contribution in [3.63, 3.8) is 0 Å². The highest BCUT2D eigenvalue weighted by atomic mass is 32.2. The Morgan fingerprint density at radius 2 is 2.00 bits per heavy atom. The molecular formula is C17H24N2O6S. The number of nitrogens with one attached hydrogen (secondary N) is 1. The number of aliphatic carboxylic acids is 1. The van der Waals surface area contributed by atoms with E-state index in [4.69, 9.17) is 5.11 Å². The monoisotopic (exact) mass is 384 g/mol. The third-order valence-corrected chi connectivity index (χ3v) is 6.34. The molecule has 0 saturated heterocycles. The number of hydrogen-bond donors (Lipinski definition) is 2. The van der Waals surface area contributed by atoms with E-state index >= 15 is 0 Å². The maximum atomic E-state index is 12.7. The molecule has 0 unspecified atom stereocenters. The predicted octanol–water partition coefficient (Wildman–Crippen LogP) is 0.997. The third-order valence-electron chi connectivity index (χ3n) is 4.67. The van der Waals surface area contributed by atoms with Crippen molar-refractivity contribution in [2.45, 2.75) is 43.7 Å². The Balaban J connectivity index is 2.07. The molecule has 0 atom stereocenters. The molecule has 1 aliphatic rings. The van der Waals surface area contributed by atoms with Crippen LogP contribution in [0.5, 0.6) is 0 Å². The van der Waals surface area contributed by atoms with Gasteiger partial charge in [0.1, 0.15) is 0 Å². The molecule has 1 aromatic carbocycles. The summed E-state index contributed by atoms with van der Waals surface area (Å²) in [4.78, 5) is 24.5. The summed E-state index contributed by atoms with van der Waals surface area (Å²) >= 11 is 0. The maximum absolute atomic E-state index is 12.7. The number of methoxy groups -OCH3 is 1. The number of carboxylic acids is 1. The molecule has 1 aliphatic carbocycles. The van der Waals surface area contributed by atoms with E-state index in [1.165, 1.54) is 25.3 Å². The van der Waals surface area contributed by atoms with Crippen molar-refractivity contribution >= 4 is 22.0 Å². The van der Waals surface area contributed by atoms with Crippen molar-refractivity contribution in [1.29, 1.82) is 0 Å². The molecule has 0 aliphatic heterocycles. The molecule has 1 saturated carbocycles. The Bertz CT molecular complexity index is 786. The Morgan fingerprint density at radius 3 is 2.54 bits per heavy atom. The third kappa shape index (κ3) is 4.40. The van der Waals surface area contributed by atoms with Crippen LogP contribution in [-0.4, -0.2) is 62.6 Å². The number of carbonyl (C=O) groups excluding carboxylic acids is 1. The summed E-state index contributed by atoms with van der Waals surface area (Å²) in [7, 11) is -2.54. The summed E-state index contributed by atoms with van der Waals surface area (Å²) in [6.45, 7) is 3.98. The van der Waals surface area contributed by atoms with Gasteiger partial charge in [0.15, 0.2) is 0 Å². The fraction of sp³-hybridized carbons (Fsp3) is 0.529. The van der Waals surface area contributed by atoms with E-state index in [1.807, 2.05) is 11.8 Å². The number of benzene rings is 1. The average molecular weight is 384 g/mol. The number of esters is 1. The Hall–Kier alpha value is -1.97. The van der Waals surface area contributed by atoms with Gasteiger partial charge in [0, 0.05) is 12.1 Å². The highest BCUT2D eigenvalue weighted by molar-refractivity contribution is 7.89. The number of sulfonamides is 1. The van der Waals surface area contributed by atoms with Crippen LogP contribution in [-0.2, 0) is 19.6 Å². The lowest BCUT2D eigenvalue weighted by Gasteiger charge is -2.42. The van der Waals surface area contributed by atoms with Crippen LogP contribution < -0.4 is 4.72 Å². The van der Waals surface area contributed by atoms with E-state index in [9.17, 15) is 18.0 Å². The number of nitrogens with zero attached hydrogens (tertiary/aromatic N) is 1. The zero-order valence-electron chi connectivity index (χ0n) is 15.1. The molecule has 0 aromatic heterocycles. The highest BCUT2D eigenvalue weighted by Crippen LogP contribution is 2.28. The van der Waals surface area contributed by atoms with Gasteiger partial charge in [0.25, 0.3) is 0 Å². The second-order valence-electron chi connectivity index (χ2n) is 6.32. The molecule has 0 amide bonds. The zero-order chi connectivity index (χ0) is 19.5. The van der Waals surface area contributed by atoms with Crippen LogP contribution in [0.25, 0.3) is 0 Å². The number of rotatable bonds is 8. The summed E-state index contributed by atoms with van der Waals surface area (Å²) in [6, 6.07) is 4.26. The lowest BCUT2D eigenvalue weighted by atomic mass is 9.86. The van der Waals surface area contributed by atoms with E-state index in [2.05, 4.69) is 9.46 Å². The molecule has 144 valence electrons. The average Bonchev–Trinajstić information content (AvgIpc) is 2.55. The standard InChI is InChI=1S/C17H24N2O6S/c1-4-19(10-16(20)21)13-8-12(9-13)18-26(23,24)15-7-5-6-14(11(15)2)17(22)25-3/h5-7,12-13,18H,4,8-10H2,1-3H3,(H,20,21). The minimum atomic E-state index is -3.79.